The van der Waals surface area contributed by atoms with Gasteiger partial charge in [-0.1, -0.05) is 11.6 Å². The fourth-order valence-electron chi connectivity index (χ4n) is 0.961. The van der Waals surface area contributed by atoms with Gasteiger partial charge in [-0.15, -0.1) is 0 Å². The summed E-state index contributed by atoms with van der Waals surface area (Å²) in [7, 11) is -3.52. The van der Waals surface area contributed by atoms with Crippen LogP contribution in [0.1, 0.15) is 0 Å². The van der Waals surface area contributed by atoms with Crippen LogP contribution in [0.25, 0.3) is 0 Å². The highest BCUT2D eigenvalue weighted by Gasteiger charge is 2.04. The highest BCUT2D eigenvalue weighted by Crippen LogP contribution is 2.21. The van der Waals surface area contributed by atoms with Crippen molar-refractivity contribution in [1.82, 2.24) is 0 Å². The van der Waals surface area contributed by atoms with Crippen molar-refractivity contribution in [3.05, 3.63) is 29.0 Å². The van der Waals surface area contributed by atoms with Gasteiger partial charge >= 0.3 is 0 Å². The Morgan fingerprint density at radius 3 is 2.73 bits per heavy atom. The van der Waals surface area contributed by atoms with Crippen molar-refractivity contribution in [2.75, 3.05) is 17.6 Å². The van der Waals surface area contributed by atoms with Crippen LogP contribution in [0.15, 0.2) is 18.2 Å². The molecule has 15 heavy (non-hydrogen) atoms. The van der Waals surface area contributed by atoms with Gasteiger partial charge in [0.05, 0.1) is 16.5 Å². The molecule has 7 heteroatoms. The molecule has 0 radical (unpaired) electrons. The molecule has 0 bridgehead atoms. The molecule has 0 aliphatic carbocycles. The van der Waals surface area contributed by atoms with Gasteiger partial charge in [-0.2, -0.15) is 0 Å². The van der Waals surface area contributed by atoms with Crippen LogP contribution >= 0.6 is 11.6 Å². The molecule has 1 aromatic carbocycles. The number of rotatable bonds is 4. The third-order valence-corrected chi connectivity index (χ3v) is 2.73. The van der Waals surface area contributed by atoms with Crippen LogP contribution in [-0.4, -0.2) is 20.7 Å². The molecule has 1 aromatic rings. The minimum Gasteiger partial charge on any atom is -0.383 e. The summed E-state index contributed by atoms with van der Waals surface area (Å²) in [6.07, 6.45) is 0. The summed E-state index contributed by atoms with van der Waals surface area (Å²) in [4.78, 5) is 0. The molecule has 0 spiro atoms. The van der Waals surface area contributed by atoms with Gasteiger partial charge in [0.25, 0.3) is 0 Å². The predicted octanol–water partition coefficient (Wildman–Crippen LogP) is 1.18. The second kappa shape index (κ2) is 4.78. The first-order chi connectivity index (χ1) is 6.88. The molecule has 0 aliphatic heterocycles. The highest BCUT2D eigenvalue weighted by molar-refractivity contribution is 7.89. The monoisotopic (exact) mass is 252 g/mol. The smallest absolute Gasteiger partial charge is 0.210 e. The number of primary sulfonamides is 1. The molecule has 3 N–H and O–H groups in total. The second-order valence-electron chi connectivity index (χ2n) is 2.92. The SMILES string of the molecule is NS(=O)(=O)CCNc1cc(F)ccc1Cl. The maximum Gasteiger partial charge on any atom is 0.210 e. The van der Waals surface area contributed by atoms with Crippen molar-refractivity contribution in [3.8, 4) is 0 Å². The van der Waals surface area contributed by atoms with E-state index in [0.717, 1.165) is 0 Å². The van der Waals surface area contributed by atoms with E-state index in [2.05, 4.69) is 5.32 Å². The Morgan fingerprint density at radius 1 is 1.47 bits per heavy atom. The van der Waals surface area contributed by atoms with E-state index in [1.165, 1.54) is 18.2 Å². The van der Waals surface area contributed by atoms with Crippen LogP contribution in [0.3, 0.4) is 0 Å². The molecule has 0 aromatic heterocycles. The van der Waals surface area contributed by atoms with E-state index in [4.69, 9.17) is 16.7 Å². The van der Waals surface area contributed by atoms with Gasteiger partial charge in [0.1, 0.15) is 5.82 Å². The summed E-state index contributed by atoms with van der Waals surface area (Å²) in [6.45, 7) is 0.0853. The van der Waals surface area contributed by atoms with Crippen LogP contribution in [0.4, 0.5) is 10.1 Å². The Kier molecular flexibility index (Phi) is 3.90. The molecular formula is C8H10ClFN2O2S. The number of nitrogens with two attached hydrogens (primary N) is 1. The first-order valence-electron chi connectivity index (χ1n) is 4.08. The first-order valence-corrected chi connectivity index (χ1v) is 6.17. The lowest BCUT2D eigenvalue weighted by Gasteiger charge is -2.07. The van der Waals surface area contributed by atoms with E-state index in [1.807, 2.05) is 0 Å². The number of benzene rings is 1. The fraction of sp³-hybridized carbons (Fsp3) is 0.250. The average Bonchev–Trinajstić information content (AvgIpc) is 2.09. The van der Waals surface area contributed by atoms with Crippen molar-refractivity contribution in [2.45, 2.75) is 0 Å². The maximum absolute atomic E-state index is 12.8. The Hall–Kier alpha value is -0.850. The third kappa shape index (κ3) is 4.46. The van der Waals surface area contributed by atoms with Gasteiger partial charge in [0.2, 0.25) is 10.0 Å². The van der Waals surface area contributed by atoms with Crippen molar-refractivity contribution in [3.63, 3.8) is 0 Å². The molecule has 1 rings (SSSR count). The predicted molar refractivity (Wildman–Crippen MR) is 57.9 cm³/mol. The van der Waals surface area contributed by atoms with E-state index in [9.17, 15) is 12.8 Å². The Morgan fingerprint density at radius 2 is 2.13 bits per heavy atom. The van der Waals surface area contributed by atoms with Crippen LogP contribution in [0.5, 0.6) is 0 Å². The van der Waals surface area contributed by atoms with Crippen molar-refractivity contribution in [1.29, 1.82) is 0 Å². The van der Waals surface area contributed by atoms with Crippen LogP contribution in [-0.2, 0) is 10.0 Å². The number of hydrogen-bond donors (Lipinski definition) is 2. The molecule has 0 aliphatic rings. The number of sulfonamides is 1. The van der Waals surface area contributed by atoms with E-state index in [-0.39, 0.29) is 12.3 Å². The van der Waals surface area contributed by atoms with Crippen molar-refractivity contribution >= 4 is 27.3 Å². The maximum atomic E-state index is 12.8. The van der Waals surface area contributed by atoms with Gasteiger partial charge in [0.15, 0.2) is 0 Å². The molecule has 0 atom stereocenters. The molecule has 0 fully saturated rings. The van der Waals surface area contributed by atoms with Gasteiger partial charge in [0, 0.05) is 6.54 Å². The summed E-state index contributed by atoms with van der Waals surface area (Å²) >= 11 is 5.74. The topological polar surface area (TPSA) is 72.2 Å². The van der Waals surface area contributed by atoms with E-state index in [1.54, 1.807) is 0 Å². The summed E-state index contributed by atoms with van der Waals surface area (Å²) in [5, 5.41) is 7.80. The minimum absolute atomic E-state index is 0.0853. The van der Waals surface area contributed by atoms with Crippen molar-refractivity contribution in [2.24, 2.45) is 5.14 Å². The zero-order chi connectivity index (χ0) is 11.5. The molecule has 0 saturated carbocycles. The Balaban J connectivity index is 2.61. The summed E-state index contributed by atoms with van der Waals surface area (Å²) in [6, 6.07) is 3.79. The van der Waals surface area contributed by atoms with Gasteiger partial charge in [-0.25, -0.2) is 17.9 Å². The van der Waals surface area contributed by atoms with Gasteiger partial charge in [-0.3, -0.25) is 0 Å². The van der Waals surface area contributed by atoms with Gasteiger partial charge in [-0.05, 0) is 18.2 Å². The van der Waals surface area contributed by atoms with E-state index >= 15 is 0 Å². The van der Waals surface area contributed by atoms with Crippen LogP contribution in [0.2, 0.25) is 5.02 Å². The quantitative estimate of drug-likeness (QED) is 0.845. The Labute approximate surface area is 92.3 Å². The molecule has 0 amide bonds. The third-order valence-electron chi connectivity index (χ3n) is 1.63. The van der Waals surface area contributed by atoms with Crippen LogP contribution < -0.4 is 10.5 Å². The molecule has 4 nitrogen and oxygen atoms in total. The zero-order valence-corrected chi connectivity index (χ0v) is 9.28. The van der Waals surface area contributed by atoms with Crippen molar-refractivity contribution < 1.29 is 12.8 Å². The number of halogens is 2. The first kappa shape index (κ1) is 12.2. The molecule has 0 heterocycles. The van der Waals surface area contributed by atoms with Crippen LogP contribution in [0, 0.1) is 5.82 Å². The standard InChI is InChI=1S/C8H10ClFN2O2S/c9-7-2-1-6(10)5-8(7)12-3-4-15(11,13)14/h1-2,5,12H,3-4H2,(H2,11,13,14). The molecule has 0 saturated heterocycles. The molecule has 84 valence electrons. The summed E-state index contributed by atoms with van der Waals surface area (Å²) in [5.41, 5.74) is 0.348. The lowest BCUT2D eigenvalue weighted by atomic mass is 10.3. The number of hydrogen-bond acceptors (Lipinski definition) is 3. The Bertz CT molecular complexity index is 450. The average molecular weight is 253 g/mol. The fourth-order valence-corrected chi connectivity index (χ4v) is 1.53. The highest BCUT2D eigenvalue weighted by atomic mass is 35.5. The molecular weight excluding hydrogens is 243 g/mol. The normalized spacial score (nSPS) is 11.4. The minimum atomic E-state index is -3.52. The summed E-state index contributed by atoms with van der Waals surface area (Å²) < 4.78 is 34.0. The number of nitrogens with one attached hydrogen (secondary N) is 1. The molecule has 0 unspecified atom stereocenters. The van der Waals surface area contributed by atoms with Gasteiger partial charge < -0.3 is 5.32 Å². The second-order valence-corrected chi connectivity index (χ2v) is 5.06. The number of anilines is 1. The largest absolute Gasteiger partial charge is 0.383 e. The summed E-state index contributed by atoms with van der Waals surface area (Å²) in [5.74, 6) is -0.683. The van der Waals surface area contributed by atoms with E-state index < -0.39 is 15.8 Å². The van der Waals surface area contributed by atoms with E-state index in [0.29, 0.717) is 10.7 Å². The zero-order valence-electron chi connectivity index (χ0n) is 7.70. The lowest BCUT2D eigenvalue weighted by Crippen LogP contribution is -2.22. The lowest BCUT2D eigenvalue weighted by molar-refractivity contribution is 0.598.